The predicted octanol–water partition coefficient (Wildman–Crippen LogP) is 8.74. The summed E-state index contributed by atoms with van der Waals surface area (Å²) in [6.07, 6.45) is -4.84. The molecule has 0 fully saturated rings. The molecule has 37 heavy (non-hydrogen) atoms. The molecule has 0 saturated heterocycles. The minimum Gasteiger partial charge on any atom is -0.429 e. The summed E-state index contributed by atoms with van der Waals surface area (Å²) in [6.45, 7) is 3.65. The summed E-state index contributed by atoms with van der Waals surface area (Å²) in [4.78, 5) is 0. The van der Waals surface area contributed by atoms with E-state index in [1.807, 2.05) is 6.92 Å². The Morgan fingerprint density at radius 1 is 0.541 bits per heavy atom. The third kappa shape index (κ3) is 5.00. The average molecular weight is 526 g/mol. The smallest absolute Gasteiger partial charge is 0.429 e. The Hall–Kier alpha value is -3.95. The van der Waals surface area contributed by atoms with Gasteiger partial charge in [0.1, 0.15) is 34.6 Å². The third-order valence-corrected chi connectivity index (χ3v) is 5.71. The van der Waals surface area contributed by atoms with Crippen LogP contribution in [-0.2, 0) is 6.11 Å². The Balaban J connectivity index is 1.72. The molecule has 10 heteroatoms. The predicted molar refractivity (Wildman–Crippen MR) is 117 cm³/mol. The highest BCUT2D eigenvalue weighted by molar-refractivity contribution is 5.72. The zero-order valence-corrected chi connectivity index (χ0v) is 19.0. The summed E-state index contributed by atoms with van der Waals surface area (Å²) in [6, 6.07) is 7.57. The van der Waals surface area contributed by atoms with E-state index >= 15 is 0 Å². The first-order valence-electron chi connectivity index (χ1n) is 10.6. The van der Waals surface area contributed by atoms with Crippen molar-refractivity contribution in [3.8, 4) is 28.0 Å². The van der Waals surface area contributed by atoms with E-state index in [0.29, 0.717) is 5.56 Å². The minimum absolute atomic E-state index is 0.0539. The normalized spacial score (nSPS) is 11.6. The van der Waals surface area contributed by atoms with E-state index in [9.17, 15) is 39.5 Å². The molecule has 4 rings (SSSR count). The highest BCUT2D eigenvalue weighted by atomic mass is 19.3. The lowest BCUT2D eigenvalue weighted by molar-refractivity contribution is -0.189. The number of rotatable bonds is 5. The van der Waals surface area contributed by atoms with Gasteiger partial charge in [0, 0.05) is 12.1 Å². The summed E-state index contributed by atoms with van der Waals surface area (Å²) < 4.78 is 132. The van der Waals surface area contributed by atoms with E-state index in [4.69, 9.17) is 0 Å². The second kappa shape index (κ2) is 9.49. The van der Waals surface area contributed by atoms with Gasteiger partial charge >= 0.3 is 6.11 Å². The quantitative estimate of drug-likeness (QED) is 0.187. The van der Waals surface area contributed by atoms with E-state index < -0.39 is 69.3 Å². The number of hydrogen-bond acceptors (Lipinski definition) is 1. The van der Waals surface area contributed by atoms with Gasteiger partial charge in [-0.05, 0) is 65.9 Å². The Kier molecular flexibility index (Phi) is 6.70. The average Bonchev–Trinajstić information content (AvgIpc) is 2.77. The van der Waals surface area contributed by atoms with Crippen LogP contribution in [0.15, 0.2) is 54.6 Å². The fourth-order valence-electron chi connectivity index (χ4n) is 3.72. The van der Waals surface area contributed by atoms with Gasteiger partial charge in [-0.2, -0.15) is 8.78 Å². The molecular formula is C27H15F9O. The molecule has 0 spiro atoms. The van der Waals surface area contributed by atoms with Gasteiger partial charge in [0.2, 0.25) is 0 Å². The van der Waals surface area contributed by atoms with Crippen LogP contribution in [0.2, 0.25) is 0 Å². The molecule has 4 aromatic rings. The minimum atomic E-state index is -4.84. The van der Waals surface area contributed by atoms with Crippen molar-refractivity contribution in [3.05, 3.63) is 112 Å². The van der Waals surface area contributed by atoms with Crippen molar-refractivity contribution in [2.24, 2.45) is 0 Å². The zero-order chi connectivity index (χ0) is 27.2. The van der Waals surface area contributed by atoms with Crippen LogP contribution in [0.4, 0.5) is 39.5 Å². The summed E-state index contributed by atoms with van der Waals surface area (Å²) in [7, 11) is 0. The first-order valence-corrected chi connectivity index (χ1v) is 10.6. The summed E-state index contributed by atoms with van der Waals surface area (Å²) in [5.74, 6) is -13.3. The summed E-state index contributed by atoms with van der Waals surface area (Å²) >= 11 is 0. The van der Waals surface area contributed by atoms with Gasteiger partial charge in [-0.3, -0.25) is 0 Å². The molecule has 0 heterocycles. The molecule has 0 unspecified atom stereocenters. The zero-order valence-electron chi connectivity index (χ0n) is 19.0. The highest BCUT2D eigenvalue weighted by Gasteiger charge is 2.42. The van der Waals surface area contributed by atoms with Gasteiger partial charge in [-0.15, -0.1) is 0 Å². The summed E-state index contributed by atoms with van der Waals surface area (Å²) in [5.41, 5.74) is -1.17. The van der Waals surface area contributed by atoms with Crippen molar-refractivity contribution in [2.75, 3.05) is 0 Å². The lowest BCUT2D eigenvalue weighted by Gasteiger charge is -2.20. The van der Waals surface area contributed by atoms with E-state index in [-0.39, 0.29) is 29.8 Å². The fraction of sp³-hybridized carbons (Fsp3) is 0.111. The number of aryl methyl sites for hydroxylation is 2. The van der Waals surface area contributed by atoms with Crippen molar-refractivity contribution in [1.29, 1.82) is 0 Å². The Morgan fingerprint density at radius 2 is 1.05 bits per heavy atom. The van der Waals surface area contributed by atoms with Gasteiger partial charge in [0.15, 0.2) is 17.5 Å². The van der Waals surface area contributed by atoms with Crippen LogP contribution < -0.4 is 4.74 Å². The first kappa shape index (κ1) is 26.1. The number of alkyl halides is 2. The third-order valence-electron chi connectivity index (χ3n) is 5.71. The fourth-order valence-corrected chi connectivity index (χ4v) is 3.72. The van der Waals surface area contributed by atoms with Crippen molar-refractivity contribution >= 4 is 0 Å². The molecule has 0 bridgehead atoms. The molecule has 0 aliphatic heterocycles. The largest absolute Gasteiger partial charge is 0.432 e. The molecule has 4 aromatic carbocycles. The van der Waals surface area contributed by atoms with Gasteiger partial charge in [0.25, 0.3) is 0 Å². The van der Waals surface area contributed by atoms with Crippen LogP contribution >= 0.6 is 0 Å². The monoisotopic (exact) mass is 526 g/mol. The van der Waals surface area contributed by atoms with Crippen LogP contribution in [0.5, 0.6) is 5.75 Å². The van der Waals surface area contributed by atoms with Gasteiger partial charge in [0.05, 0.1) is 5.56 Å². The number of benzene rings is 4. The maximum absolute atomic E-state index is 14.9. The van der Waals surface area contributed by atoms with Crippen LogP contribution in [0.1, 0.15) is 16.7 Å². The molecule has 0 amide bonds. The molecule has 0 aromatic heterocycles. The molecule has 192 valence electrons. The van der Waals surface area contributed by atoms with Crippen molar-refractivity contribution in [2.45, 2.75) is 20.0 Å². The van der Waals surface area contributed by atoms with Crippen LogP contribution in [0.3, 0.4) is 0 Å². The Labute approximate surface area is 204 Å². The standard InChI is InChI=1S/C27H15F9O/c1-12-3-4-14(5-13(12)2)15-6-18(28)24(19(29)7-15)16-8-20(30)25(21(31)9-16)27(35,36)37-17-10-22(32)26(34)23(33)11-17/h3-11H,1-2H3. The molecule has 0 atom stereocenters. The second-order valence-electron chi connectivity index (χ2n) is 8.25. The molecule has 0 saturated carbocycles. The topological polar surface area (TPSA) is 9.23 Å². The van der Waals surface area contributed by atoms with Crippen molar-refractivity contribution < 1.29 is 44.3 Å². The molecule has 0 aliphatic rings. The highest BCUT2D eigenvalue weighted by Crippen LogP contribution is 2.39. The van der Waals surface area contributed by atoms with E-state index in [2.05, 4.69) is 4.74 Å². The molecule has 0 radical (unpaired) electrons. The maximum Gasteiger partial charge on any atom is 0.432 e. The van der Waals surface area contributed by atoms with Crippen molar-refractivity contribution in [3.63, 3.8) is 0 Å². The molecular weight excluding hydrogens is 511 g/mol. The molecule has 1 nitrogen and oxygen atoms in total. The van der Waals surface area contributed by atoms with E-state index in [1.165, 1.54) is 0 Å². The Bertz CT molecular complexity index is 1460. The second-order valence-corrected chi connectivity index (χ2v) is 8.25. The van der Waals surface area contributed by atoms with Crippen LogP contribution in [0, 0.1) is 54.6 Å². The number of ether oxygens (including phenoxy) is 1. The number of halogens is 9. The Morgan fingerprint density at radius 3 is 1.57 bits per heavy atom. The summed E-state index contributed by atoms with van der Waals surface area (Å²) in [5, 5.41) is 0. The van der Waals surface area contributed by atoms with Crippen molar-refractivity contribution in [1.82, 2.24) is 0 Å². The molecule has 0 N–H and O–H groups in total. The van der Waals surface area contributed by atoms with Crippen LogP contribution in [-0.4, -0.2) is 0 Å². The molecule has 0 aliphatic carbocycles. The van der Waals surface area contributed by atoms with E-state index in [1.54, 1.807) is 25.1 Å². The first-order chi connectivity index (χ1) is 17.3. The maximum atomic E-state index is 14.9. The lowest BCUT2D eigenvalue weighted by atomic mass is 9.96. The van der Waals surface area contributed by atoms with Gasteiger partial charge < -0.3 is 4.74 Å². The number of hydrogen-bond donors (Lipinski definition) is 0. The van der Waals surface area contributed by atoms with E-state index in [0.717, 1.165) is 23.3 Å². The SMILES string of the molecule is Cc1ccc(-c2cc(F)c(-c3cc(F)c(C(F)(F)Oc4cc(F)c(F)c(F)c4)c(F)c3)c(F)c2)cc1C. The lowest BCUT2D eigenvalue weighted by Crippen LogP contribution is -2.25. The van der Waals surface area contributed by atoms with Gasteiger partial charge in [-0.1, -0.05) is 18.2 Å². The van der Waals surface area contributed by atoms with Crippen LogP contribution in [0.25, 0.3) is 22.3 Å². The van der Waals surface area contributed by atoms with Gasteiger partial charge in [-0.25, -0.2) is 30.7 Å².